The Morgan fingerprint density at radius 2 is 1.95 bits per heavy atom. The molecule has 1 spiro atoms. The molecule has 0 radical (unpaired) electrons. The van der Waals surface area contributed by atoms with E-state index in [1.807, 2.05) is 6.92 Å². The minimum absolute atomic E-state index is 0.0892. The molecule has 22 heavy (non-hydrogen) atoms. The Kier molecular flexibility index (Phi) is 5.41. The molecule has 0 aromatic rings. The minimum atomic E-state index is -0.695. The second-order valence-electron chi connectivity index (χ2n) is 6.74. The zero-order valence-corrected chi connectivity index (χ0v) is 14.0. The summed E-state index contributed by atoms with van der Waals surface area (Å²) < 4.78 is 0. The highest BCUT2D eigenvalue weighted by Gasteiger charge is 2.52. The molecule has 0 aliphatic carbocycles. The number of nitrogens with two attached hydrogens (primary N) is 1. The van der Waals surface area contributed by atoms with Gasteiger partial charge in [-0.25, -0.2) is 4.79 Å². The van der Waals surface area contributed by atoms with Gasteiger partial charge in [0.05, 0.1) is 0 Å². The van der Waals surface area contributed by atoms with E-state index >= 15 is 0 Å². The fourth-order valence-electron chi connectivity index (χ4n) is 3.04. The fourth-order valence-corrected chi connectivity index (χ4v) is 3.04. The van der Waals surface area contributed by atoms with E-state index in [1.165, 1.54) is 4.90 Å². The van der Waals surface area contributed by atoms with Gasteiger partial charge in [-0.2, -0.15) is 0 Å². The number of carbonyl (C=O) groups is 2. The zero-order valence-electron chi connectivity index (χ0n) is 14.0. The summed E-state index contributed by atoms with van der Waals surface area (Å²) in [5.41, 5.74) is 5.20. The van der Waals surface area contributed by atoms with Crippen LogP contribution in [0.25, 0.3) is 0 Å². The molecule has 0 aromatic heterocycles. The van der Waals surface area contributed by atoms with Gasteiger partial charge < -0.3 is 20.9 Å². The maximum absolute atomic E-state index is 12.7. The van der Waals surface area contributed by atoms with Crippen molar-refractivity contribution in [2.75, 3.05) is 46.8 Å². The molecule has 2 rings (SSSR count). The number of nitrogens with one attached hydrogen (secondary N) is 1. The second-order valence-corrected chi connectivity index (χ2v) is 6.74. The van der Waals surface area contributed by atoms with Crippen LogP contribution < -0.4 is 11.1 Å². The van der Waals surface area contributed by atoms with Gasteiger partial charge in [0.1, 0.15) is 5.54 Å². The first-order valence-electron chi connectivity index (χ1n) is 8.15. The van der Waals surface area contributed by atoms with Gasteiger partial charge in [0, 0.05) is 38.8 Å². The van der Waals surface area contributed by atoms with Gasteiger partial charge in [0.25, 0.3) is 5.91 Å². The zero-order chi connectivity index (χ0) is 16.3. The number of likely N-dealkylation sites (tertiary alicyclic amines) is 1. The maximum atomic E-state index is 12.7. The highest BCUT2D eigenvalue weighted by atomic mass is 16.2. The predicted molar refractivity (Wildman–Crippen MR) is 85.5 cm³/mol. The van der Waals surface area contributed by atoms with Crippen LogP contribution in [0.3, 0.4) is 0 Å². The number of hydrogen-bond donors (Lipinski definition) is 2. The van der Waals surface area contributed by atoms with E-state index < -0.39 is 5.54 Å². The lowest BCUT2D eigenvalue weighted by Gasteiger charge is -2.37. The number of likely N-dealkylation sites (N-methyl/N-ethyl adjacent to an activating group) is 1. The quantitative estimate of drug-likeness (QED) is 0.657. The molecule has 7 nitrogen and oxygen atoms in total. The summed E-state index contributed by atoms with van der Waals surface area (Å²) in [7, 11) is 4.11. The second kappa shape index (κ2) is 6.93. The highest BCUT2D eigenvalue weighted by molar-refractivity contribution is 6.07. The van der Waals surface area contributed by atoms with Crippen LogP contribution in [0, 0.1) is 0 Å². The number of amides is 3. The Balaban J connectivity index is 1.93. The largest absolute Gasteiger partial charge is 0.326 e. The molecule has 3 N–H and O–H groups in total. The van der Waals surface area contributed by atoms with Gasteiger partial charge in [-0.1, -0.05) is 6.92 Å². The van der Waals surface area contributed by atoms with Gasteiger partial charge >= 0.3 is 6.03 Å². The molecule has 1 unspecified atom stereocenters. The molecular weight excluding hydrogens is 282 g/mol. The molecule has 2 heterocycles. The predicted octanol–water partition coefficient (Wildman–Crippen LogP) is -0.328. The van der Waals surface area contributed by atoms with Gasteiger partial charge in [-0.15, -0.1) is 0 Å². The molecule has 0 bridgehead atoms. The molecule has 2 saturated heterocycles. The summed E-state index contributed by atoms with van der Waals surface area (Å²) in [6.45, 7) is 5.96. The van der Waals surface area contributed by atoms with Gasteiger partial charge in [0.15, 0.2) is 0 Å². The van der Waals surface area contributed by atoms with Crippen LogP contribution in [0.1, 0.15) is 26.2 Å². The summed E-state index contributed by atoms with van der Waals surface area (Å²) in [5, 5.41) is 2.93. The average molecular weight is 311 g/mol. The van der Waals surface area contributed by atoms with E-state index in [2.05, 4.69) is 29.2 Å². The lowest BCUT2D eigenvalue weighted by molar-refractivity contribution is -0.133. The van der Waals surface area contributed by atoms with Crippen LogP contribution in [0.15, 0.2) is 0 Å². The third-order valence-corrected chi connectivity index (χ3v) is 4.76. The van der Waals surface area contributed by atoms with Crippen molar-refractivity contribution in [3.8, 4) is 0 Å². The highest BCUT2D eigenvalue weighted by Crippen LogP contribution is 2.29. The van der Waals surface area contributed by atoms with Crippen LogP contribution >= 0.6 is 0 Å². The number of rotatable bonds is 6. The lowest BCUT2D eigenvalue weighted by Crippen LogP contribution is -2.55. The van der Waals surface area contributed by atoms with Crippen molar-refractivity contribution in [2.45, 2.75) is 37.8 Å². The lowest BCUT2D eigenvalue weighted by atomic mass is 9.87. The van der Waals surface area contributed by atoms with Gasteiger partial charge in [0.2, 0.25) is 0 Å². The van der Waals surface area contributed by atoms with Crippen LogP contribution in [0.2, 0.25) is 0 Å². The summed E-state index contributed by atoms with van der Waals surface area (Å²) in [5.74, 6) is -0.0892. The molecular formula is C15H29N5O2. The Morgan fingerprint density at radius 1 is 1.32 bits per heavy atom. The molecule has 3 amide bonds. The summed E-state index contributed by atoms with van der Waals surface area (Å²) in [4.78, 5) is 30.6. The smallest absolute Gasteiger partial charge is 0.325 e. The van der Waals surface area contributed by atoms with Crippen molar-refractivity contribution in [1.29, 1.82) is 0 Å². The number of imide groups is 1. The molecule has 2 aliphatic rings. The first kappa shape index (κ1) is 17.2. The first-order valence-corrected chi connectivity index (χ1v) is 8.15. The van der Waals surface area contributed by atoms with E-state index in [4.69, 9.17) is 5.73 Å². The molecule has 1 atom stereocenters. The fraction of sp³-hybridized carbons (Fsp3) is 0.867. The Bertz CT molecular complexity index is 418. The van der Waals surface area contributed by atoms with Crippen molar-refractivity contribution < 1.29 is 9.59 Å². The van der Waals surface area contributed by atoms with E-state index in [0.29, 0.717) is 19.4 Å². The Morgan fingerprint density at radius 3 is 2.50 bits per heavy atom. The topological polar surface area (TPSA) is 81.9 Å². The van der Waals surface area contributed by atoms with Crippen molar-refractivity contribution in [2.24, 2.45) is 5.73 Å². The van der Waals surface area contributed by atoms with Crippen LogP contribution in [0.4, 0.5) is 4.79 Å². The SMILES string of the molecule is CCC(N)CN1C(=O)NC2(CCN(CCN(C)C)CC2)C1=O. The molecule has 2 fully saturated rings. The van der Waals surface area contributed by atoms with Crippen molar-refractivity contribution in [1.82, 2.24) is 20.0 Å². The van der Waals surface area contributed by atoms with Crippen molar-refractivity contribution in [3.63, 3.8) is 0 Å². The molecule has 7 heteroatoms. The molecule has 0 saturated carbocycles. The number of carbonyl (C=O) groups excluding carboxylic acids is 2. The standard InChI is InChI=1S/C15H29N5O2/c1-4-12(16)11-20-13(21)15(17-14(20)22)5-7-19(8-6-15)10-9-18(2)3/h12H,4-11,16H2,1-3H3,(H,17,22). The normalized spacial score (nSPS) is 23.4. The summed E-state index contributed by atoms with van der Waals surface area (Å²) in [6.07, 6.45) is 2.12. The van der Waals surface area contributed by atoms with E-state index in [-0.39, 0.29) is 18.0 Å². The number of hydrogen-bond acceptors (Lipinski definition) is 5. The first-order chi connectivity index (χ1) is 10.4. The van der Waals surface area contributed by atoms with E-state index in [0.717, 1.165) is 32.6 Å². The monoisotopic (exact) mass is 311 g/mol. The Labute approximate surface area is 132 Å². The van der Waals surface area contributed by atoms with Gasteiger partial charge in [-0.3, -0.25) is 9.69 Å². The summed E-state index contributed by atoms with van der Waals surface area (Å²) >= 11 is 0. The summed E-state index contributed by atoms with van der Waals surface area (Å²) in [6, 6.07) is -0.430. The molecule has 126 valence electrons. The van der Waals surface area contributed by atoms with Gasteiger partial charge in [-0.05, 0) is 33.4 Å². The third kappa shape index (κ3) is 3.59. The van der Waals surface area contributed by atoms with E-state index in [1.54, 1.807) is 0 Å². The van der Waals surface area contributed by atoms with Crippen LogP contribution in [0.5, 0.6) is 0 Å². The third-order valence-electron chi connectivity index (χ3n) is 4.76. The maximum Gasteiger partial charge on any atom is 0.325 e. The molecule has 2 aliphatic heterocycles. The van der Waals surface area contributed by atoms with E-state index in [9.17, 15) is 9.59 Å². The number of urea groups is 1. The Hall–Kier alpha value is -1.18. The van der Waals surface area contributed by atoms with Crippen molar-refractivity contribution >= 4 is 11.9 Å². The number of piperidine rings is 1. The van der Waals surface area contributed by atoms with Crippen molar-refractivity contribution in [3.05, 3.63) is 0 Å². The molecule has 0 aromatic carbocycles. The van der Waals surface area contributed by atoms with Crippen LogP contribution in [-0.2, 0) is 4.79 Å². The van der Waals surface area contributed by atoms with Crippen LogP contribution in [-0.4, -0.2) is 85.0 Å². The average Bonchev–Trinajstić information content (AvgIpc) is 2.71. The minimum Gasteiger partial charge on any atom is -0.326 e. The number of nitrogens with zero attached hydrogens (tertiary/aromatic N) is 3.